The van der Waals surface area contributed by atoms with Gasteiger partial charge >= 0.3 is 0 Å². The lowest BCUT2D eigenvalue weighted by atomic mass is 9.82. The fraction of sp³-hybridized carbons (Fsp3) is 0.182. The molecule has 0 amide bonds. The van der Waals surface area contributed by atoms with Gasteiger partial charge in [-0.15, -0.1) is 5.10 Å². The van der Waals surface area contributed by atoms with E-state index in [2.05, 4.69) is 16.3 Å². The van der Waals surface area contributed by atoms with E-state index < -0.39 is 5.92 Å². The number of H-pyrrole nitrogens is 1. The average molecular weight is 388 g/mol. The van der Waals surface area contributed by atoms with Crippen LogP contribution in [-0.2, 0) is 0 Å². The molecule has 7 heteroatoms. The normalized spacial score (nSPS) is 15.3. The molecule has 0 saturated heterocycles. The van der Waals surface area contributed by atoms with E-state index in [1.807, 2.05) is 55.5 Å². The minimum atomic E-state index is -0.480. The molecule has 3 aromatic rings. The maximum absolute atomic E-state index is 9.86. The number of fused-ring (bicyclic) bond motifs is 1. The molecule has 0 aliphatic carbocycles. The molecule has 0 radical (unpaired) electrons. The molecule has 29 heavy (non-hydrogen) atoms. The third kappa shape index (κ3) is 3.15. The van der Waals surface area contributed by atoms with Crippen LogP contribution < -0.4 is 19.9 Å². The summed E-state index contributed by atoms with van der Waals surface area (Å²) in [6.45, 7) is 2.42. The van der Waals surface area contributed by atoms with Crippen LogP contribution in [0.2, 0.25) is 0 Å². The lowest BCUT2D eigenvalue weighted by Gasteiger charge is -2.25. The number of allylic oxidation sites excluding steroid dienone is 1. The van der Waals surface area contributed by atoms with Crippen LogP contribution in [0.5, 0.6) is 17.4 Å². The SMILES string of the molecule is CCOc1ccccc1[C@@H]1C(C#N)=C(N)Oc2n[nH]c(-c3cccc(OC)c3)c21. The van der Waals surface area contributed by atoms with Crippen molar-refractivity contribution in [3.63, 3.8) is 0 Å². The first kappa shape index (κ1) is 18.4. The summed E-state index contributed by atoms with van der Waals surface area (Å²) in [6.07, 6.45) is 0. The topological polar surface area (TPSA) is 106 Å². The zero-order valence-electron chi connectivity index (χ0n) is 16.1. The highest BCUT2D eigenvalue weighted by atomic mass is 16.5. The number of nitriles is 1. The van der Waals surface area contributed by atoms with Gasteiger partial charge in [-0.05, 0) is 25.1 Å². The number of aromatic amines is 1. The van der Waals surface area contributed by atoms with E-state index in [1.165, 1.54) is 0 Å². The molecular formula is C22H20N4O3. The lowest BCUT2D eigenvalue weighted by Crippen LogP contribution is -2.21. The second-order valence-electron chi connectivity index (χ2n) is 6.45. The second kappa shape index (κ2) is 7.60. The molecule has 0 fully saturated rings. The highest BCUT2D eigenvalue weighted by Gasteiger charge is 2.37. The molecular weight excluding hydrogens is 368 g/mol. The van der Waals surface area contributed by atoms with E-state index in [-0.39, 0.29) is 5.88 Å². The minimum Gasteiger partial charge on any atom is -0.497 e. The number of nitrogens with one attached hydrogen (secondary N) is 1. The molecule has 146 valence electrons. The van der Waals surface area contributed by atoms with Gasteiger partial charge in [0.05, 0.1) is 30.9 Å². The van der Waals surface area contributed by atoms with Gasteiger partial charge in [0.15, 0.2) is 0 Å². The monoisotopic (exact) mass is 388 g/mol. The average Bonchev–Trinajstić information content (AvgIpc) is 3.17. The van der Waals surface area contributed by atoms with Crippen molar-refractivity contribution >= 4 is 0 Å². The van der Waals surface area contributed by atoms with Crippen molar-refractivity contribution in [2.24, 2.45) is 5.73 Å². The van der Waals surface area contributed by atoms with E-state index in [0.717, 1.165) is 22.4 Å². The van der Waals surface area contributed by atoms with Gasteiger partial charge in [0.2, 0.25) is 11.8 Å². The van der Waals surface area contributed by atoms with E-state index in [9.17, 15) is 5.26 Å². The zero-order valence-corrected chi connectivity index (χ0v) is 16.1. The maximum atomic E-state index is 9.86. The Bertz CT molecular complexity index is 1130. The van der Waals surface area contributed by atoms with Crippen LogP contribution in [0.3, 0.4) is 0 Å². The largest absolute Gasteiger partial charge is 0.497 e. The Labute approximate surface area is 168 Å². The van der Waals surface area contributed by atoms with Gasteiger partial charge in [-0.25, -0.2) is 0 Å². The smallest absolute Gasteiger partial charge is 0.244 e. The number of rotatable bonds is 5. The van der Waals surface area contributed by atoms with Crippen LogP contribution in [0, 0.1) is 11.3 Å². The molecule has 1 aliphatic heterocycles. The third-order valence-electron chi connectivity index (χ3n) is 4.83. The molecule has 3 N–H and O–H groups in total. The molecule has 0 unspecified atom stereocenters. The Kier molecular flexibility index (Phi) is 4.83. The van der Waals surface area contributed by atoms with E-state index in [1.54, 1.807) is 7.11 Å². The van der Waals surface area contributed by atoms with Crippen molar-refractivity contribution in [3.05, 3.63) is 71.1 Å². The van der Waals surface area contributed by atoms with Crippen molar-refractivity contribution in [2.45, 2.75) is 12.8 Å². The van der Waals surface area contributed by atoms with Gasteiger partial charge in [-0.3, -0.25) is 5.10 Å². The fourth-order valence-electron chi connectivity index (χ4n) is 3.56. The molecule has 0 spiro atoms. The predicted octanol–water partition coefficient (Wildman–Crippen LogP) is 3.70. The summed E-state index contributed by atoms with van der Waals surface area (Å²) >= 11 is 0. The van der Waals surface area contributed by atoms with Gasteiger partial charge in [-0.1, -0.05) is 30.3 Å². The highest BCUT2D eigenvalue weighted by Crippen LogP contribution is 2.47. The van der Waals surface area contributed by atoms with Crippen LogP contribution in [-0.4, -0.2) is 23.9 Å². The van der Waals surface area contributed by atoms with Crippen LogP contribution in [0.25, 0.3) is 11.3 Å². The number of ether oxygens (including phenoxy) is 3. The lowest BCUT2D eigenvalue weighted by molar-refractivity contribution is 0.334. The first-order valence-electron chi connectivity index (χ1n) is 9.19. The number of para-hydroxylation sites is 1. The summed E-state index contributed by atoms with van der Waals surface area (Å²) in [5.74, 6) is 1.30. The fourth-order valence-corrected chi connectivity index (χ4v) is 3.56. The van der Waals surface area contributed by atoms with Crippen molar-refractivity contribution in [1.29, 1.82) is 5.26 Å². The Morgan fingerprint density at radius 3 is 2.83 bits per heavy atom. The summed E-state index contributed by atoms with van der Waals surface area (Å²) in [5.41, 5.74) is 9.53. The van der Waals surface area contributed by atoms with Crippen LogP contribution in [0.15, 0.2) is 60.0 Å². The molecule has 4 rings (SSSR count). The molecule has 0 bridgehead atoms. The van der Waals surface area contributed by atoms with Crippen LogP contribution in [0.4, 0.5) is 0 Å². The molecule has 0 saturated carbocycles. The van der Waals surface area contributed by atoms with Crippen LogP contribution in [0.1, 0.15) is 24.0 Å². The number of hydrogen-bond donors (Lipinski definition) is 2. The molecule has 1 aliphatic rings. The molecule has 1 aromatic heterocycles. The van der Waals surface area contributed by atoms with Crippen molar-refractivity contribution in [1.82, 2.24) is 10.2 Å². The van der Waals surface area contributed by atoms with Crippen molar-refractivity contribution < 1.29 is 14.2 Å². The Morgan fingerprint density at radius 1 is 1.24 bits per heavy atom. The third-order valence-corrected chi connectivity index (χ3v) is 4.83. The minimum absolute atomic E-state index is 0.0417. The summed E-state index contributed by atoms with van der Waals surface area (Å²) in [5, 5.41) is 17.2. The molecule has 1 atom stereocenters. The number of benzene rings is 2. The van der Waals surface area contributed by atoms with Gasteiger partial charge in [0, 0.05) is 11.1 Å². The first-order chi connectivity index (χ1) is 14.2. The number of nitrogens with zero attached hydrogens (tertiary/aromatic N) is 2. The Balaban J connectivity index is 1.95. The molecule has 2 aromatic carbocycles. The van der Waals surface area contributed by atoms with E-state index >= 15 is 0 Å². The second-order valence-corrected chi connectivity index (χ2v) is 6.45. The summed E-state index contributed by atoms with van der Waals surface area (Å²) < 4.78 is 16.8. The van der Waals surface area contributed by atoms with E-state index in [4.69, 9.17) is 19.9 Å². The number of methoxy groups -OCH3 is 1. The van der Waals surface area contributed by atoms with Crippen LogP contribution >= 0.6 is 0 Å². The maximum Gasteiger partial charge on any atom is 0.244 e. The van der Waals surface area contributed by atoms with Gasteiger partial charge in [0.1, 0.15) is 23.1 Å². The zero-order chi connectivity index (χ0) is 20.4. The first-order valence-corrected chi connectivity index (χ1v) is 9.19. The molecule has 2 heterocycles. The van der Waals surface area contributed by atoms with E-state index in [0.29, 0.717) is 29.6 Å². The van der Waals surface area contributed by atoms with Crippen molar-refractivity contribution in [2.75, 3.05) is 13.7 Å². The summed E-state index contributed by atoms with van der Waals surface area (Å²) in [4.78, 5) is 0. The number of hydrogen-bond acceptors (Lipinski definition) is 6. The number of nitrogens with two attached hydrogens (primary N) is 1. The van der Waals surface area contributed by atoms with Gasteiger partial charge < -0.3 is 19.9 Å². The quantitative estimate of drug-likeness (QED) is 0.690. The Hall–Kier alpha value is -3.92. The van der Waals surface area contributed by atoms with Gasteiger partial charge in [-0.2, -0.15) is 5.26 Å². The standard InChI is InChI=1S/C22H20N4O3/c1-3-28-17-10-5-4-9-15(17)18-16(12-23)21(24)29-22-19(18)20(25-26-22)13-7-6-8-14(11-13)27-2/h4-11,18H,3,24H2,1-2H3,(H,25,26)/t18-/m1/s1. The van der Waals surface area contributed by atoms with Gasteiger partial charge in [0.25, 0.3) is 0 Å². The number of aromatic nitrogens is 2. The highest BCUT2D eigenvalue weighted by molar-refractivity contribution is 5.72. The predicted molar refractivity (Wildman–Crippen MR) is 107 cm³/mol. The Morgan fingerprint density at radius 2 is 2.07 bits per heavy atom. The molecule has 7 nitrogen and oxygen atoms in total. The van der Waals surface area contributed by atoms with Crippen molar-refractivity contribution in [3.8, 4) is 34.7 Å². The summed E-state index contributed by atoms with van der Waals surface area (Å²) in [7, 11) is 1.61. The summed E-state index contributed by atoms with van der Waals surface area (Å²) in [6, 6.07) is 17.4.